The molecule has 0 bridgehead atoms. The topological polar surface area (TPSA) is 202 Å². The summed E-state index contributed by atoms with van der Waals surface area (Å²) in [6, 6.07) is -2.28. The number of aromatic nitrogens is 4. The third-order valence-electron chi connectivity index (χ3n) is 6.56. The first-order chi connectivity index (χ1) is 20.5. The molecule has 1 aliphatic heterocycles. The zero-order valence-corrected chi connectivity index (χ0v) is 25.5. The van der Waals surface area contributed by atoms with Gasteiger partial charge < -0.3 is 29.8 Å². The van der Waals surface area contributed by atoms with Crippen LogP contribution < -0.4 is 15.9 Å². The summed E-state index contributed by atoms with van der Waals surface area (Å²) in [6.07, 6.45) is 9.43. The Morgan fingerprint density at radius 3 is 2.58 bits per heavy atom. The molecule has 1 saturated heterocycles. The van der Waals surface area contributed by atoms with Crippen molar-refractivity contribution in [2.75, 3.05) is 25.3 Å². The number of esters is 2. The number of terminal acetylenes is 1. The number of nitrogens with two attached hydrogens (primary N) is 1. The minimum absolute atomic E-state index is 0.140. The molecule has 1 aliphatic rings. The smallest absolute Gasteiger partial charge is 0.327 e. The number of nitrogens with zero attached hydrogens (tertiary/aromatic N) is 4. The van der Waals surface area contributed by atoms with Crippen molar-refractivity contribution in [3.63, 3.8) is 0 Å². The van der Waals surface area contributed by atoms with E-state index in [1.54, 1.807) is 0 Å². The van der Waals surface area contributed by atoms with E-state index in [9.17, 15) is 19.3 Å². The summed E-state index contributed by atoms with van der Waals surface area (Å²) in [7, 11) is -4.00. The van der Waals surface area contributed by atoms with E-state index < -0.39 is 55.9 Å². The Labute approximate surface area is 250 Å². The van der Waals surface area contributed by atoms with Gasteiger partial charge in [-0.3, -0.25) is 13.9 Å². The Kier molecular flexibility index (Phi) is 12.2. The predicted octanol–water partition coefficient (Wildman–Crippen LogP) is 1.99. The fourth-order valence-electron chi connectivity index (χ4n) is 4.17. The Balaban J connectivity index is 1.82. The first-order valence-electron chi connectivity index (χ1n) is 14.0. The summed E-state index contributed by atoms with van der Waals surface area (Å²) in [5.74, 6) is -0.683. The van der Waals surface area contributed by atoms with Gasteiger partial charge in [0.1, 0.15) is 36.4 Å². The number of ether oxygens (including phenoxy) is 4. The maximum absolute atomic E-state index is 14.2. The third-order valence-corrected chi connectivity index (χ3v) is 8.55. The molecule has 0 amide bonds. The number of aliphatic hydroxyl groups excluding tert-OH is 1. The molecule has 0 aromatic carbocycles. The van der Waals surface area contributed by atoms with Crippen LogP contribution in [0, 0.1) is 12.3 Å². The molecule has 0 saturated carbocycles. The molecule has 43 heavy (non-hydrogen) atoms. The van der Waals surface area contributed by atoms with Crippen LogP contribution in [0.15, 0.2) is 25.3 Å². The molecule has 236 valence electrons. The van der Waals surface area contributed by atoms with Gasteiger partial charge in [0.15, 0.2) is 17.7 Å². The van der Waals surface area contributed by atoms with Crippen LogP contribution in [0.5, 0.6) is 0 Å². The van der Waals surface area contributed by atoms with Crippen molar-refractivity contribution in [2.45, 2.75) is 83.1 Å². The average molecular weight is 622 g/mol. The number of nitrogens with one attached hydrogen (secondary N) is 2. The number of aliphatic hydroxyl groups is 1. The van der Waals surface area contributed by atoms with Crippen LogP contribution in [0.1, 0.15) is 59.1 Å². The molecule has 0 spiro atoms. The molecule has 16 heteroatoms. The molecule has 0 aliphatic carbocycles. The van der Waals surface area contributed by atoms with E-state index >= 15 is 0 Å². The number of carbonyl (C=O) groups is 2. The zero-order chi connectivity index (χ0) is 31.6. The second-order valence-corrected chi connectivity index (χ2v) is 12.3. The van der Waals surface area contributed by atoms with Crippen LogP contribution in [0.3, 0.4) is 0 Å². The van der Waals surface area contributed by atoms with Crippen molar-refractivity contribution in [3.8, 4) is 12.3 Å². The van der Waals surface area contributed by atoms with Crippen molar-refractivity contribution in [1.82, 2.24) is 29.7 Å². The van der Waals surface area contributed by atoms with E-state index in [-0.39, 0.29) is 25.5 Å². The van der Waals surface area contributed by atoms with Crippen molar-refractivity contribution < 1.29 is 38.2 Å². The molecule has 5 N–H and O–H groups in total. The molecular weight excluding hydrogens is 581 g/mol. The fourth-order valence-corrected chi connectivity index (χ4v) is 6.18. The van der Waals surface area contributed by atoms with Gasteiger partial charge in [0, 0.05) is 6.42 Å². The maximum Gasteiger partial charge on any atom is 0.327 e. The number of carbonyl (C=O) groups excluding carboxylic acids is 2. The van der Waals surface area contributed by atoms with Crippen LogP contribution in [-0.2, 0) is 33.1 Å². The van der Waals surface area contributed by atoms with Crippen molar-refractivity contribution >= 4 is 36.4 Å². The number of nitrogen functional groups attached to an aromatic ring is 1. The molecule has 3 heterocycles. The van der Waals surface area contributed by atoms with Crippen LogP contribution >= 0.6 is 7.44 Å². The highest BCUT2D eigenvalue weighted by Crippen LogP contribution is 2.44. The predicted molar refractivity (Wildman–Crippen MR) is 157 cm³/mol. The number of rotatable bonds is 17. The van der Waals surface area contributed by atoms with E-state index in [0.29, 0.717) is 24.0 Å². The summed E-state index contributed by atoms with van der Waals surface area (Å²) in [6.45, 7) is 9.37. The fraction of sp³-hybridized carbons (Fsp3) is 0.593. The Morgan fingerprint density at radius 2 is 1.95 bits per heavy atom. The highest BCUT2D eigenvalue weighted by Gasteiger charge is 2.49. The van der Waals surface area contributed by atoms with E-state index in [1.807, 2.05) is 13.8 Å². The Morgan fingerprint density at radius 1 is 1.28 bits per heavy atom. The summed E-state index contributed by atoms with van der Waals surface area (Å²) in [5.41, 5.74) is 6.47. The Bertz CT molecular complexity index is 1360. The lowest BCUT2D eigenvalue weighted by atomic mass is 10.1. The van der Waals surface area contributed by atoms with Gasteiger partial charge >= 0.3 is 11.9 Å². The quantitative estimate of drug-likeness (QED) is 0.0656. The number of hydrogen-bond donors (Lipinski definition) is 4. The molecular formula is C27H40N7O8P. The molecule has 0 radical (unpaired) electrons. The van der Waals surface area contributed by atoms with E-state index in [1.165, 1.54) is 30.2 Å². The van der Waals surface area contributed by atoms with Crippen molar-refractivity contribution in [3.05, 3.63) is 25.3 Å². The van der Waals surface area contributed by atoms with Crippen LogP contribution in [0.2, 0.25) is 0 Å². The average Bonchev–Trinajstić information content (AvgIpc) is 3.57. The molecule has 3 rings (SSSR count). The largest absolute Gasteiger partial charge is 0.465 e. The lowest BCUT2D eigenvalue weighted by Gasteiger charge is -2.30. The van der Waals surface area contributed by atoms with E-state index in [0.717, 1.165) is 12.8 Å². The molecule has 15 nitrogen and oxygen atoms in total. The van der Waals surface area contributed by atoms with Crippen molar-refractivity contribution in [2.24, 2.45) is 0 Å². The van der Waals surface area contributed by atoms with Gasteiger partial charge in [-0.2, -0.15) is 0 Å². The van der Waals surface area contributed by atoms with Gasteiger partial charge in [0.2, 0.25) is 13.2 Å². The minimum Gasteiger partial charge on any atom is -0.465 e. The highest BCUT2D eigenvalue weighted by molar-refractivity contribution is 7.59. The van der Waals surface area contributed by atoms with Crippen LogP contribution in [-0.4, -0.2) is 80.1 Å². The Hall–Kier alpha value is -3.38. The number of unbranched alkanes of at least 4 members (excludes halogenated alkanes) is 2. The normalized spacial score (nSPS) is 22.8. The summed E-state index contributed by atoms with van der Waals surface area (Å²) in [5, 5.41) is 16.3. The van der Waals surface area contributed by atoms with Crippen molar-refractivity contribution in [1.29, 1.82) is 0 Å². The number of hydrogen-bond acceptors (Lipinski definition) is 12. The molecule has 1 fully saturated rings. The number of fused-ring (bicyclic) bond motifs is 1. The lowest BCUT2D eigenvalue weighted by molar-refractivity contribution is -0.193. The highest BCUT2D eigenvalue weighted by atomic mass is 31.2. The zero-order valence-electron chi connectivity index (χ0n) is 24.6. The second-order valence-electron chi connectivity index (χ2n) is 10.0. The minimum atomic E-state index is -4.00. The SMILES string of the molecule is C#CC1(OCP(=O)(N[C@@H](C)C(=O)OCCCC)N[C@@H](C=C)C(=O)OCCCC)CC(O)C(n2cnc3c(N)ncnc32)O1. The van der Waals surface area contributed by atoms with Gasteiger partial charge in [-0.25, -0.2) is 29.9 Å². The third kappa shape index (κ3) is 8.60. The van der Waals surface area contributed by atoms with E-state index in [4.69, 9.17) is 31.1 Å². The standard InChI is InChI=1S/C27H40N7O8P/c1-6-10-12-39-25(36)18(5)32-43(38,33-19(8-3)26(37)40-13-11-7-2)17-41-27(9-4)14-20(35)24(42-27)34-16-31-21-22(28)29-15-30-23(21)34/h4,8,15-16,18-20,24,35H,3,6-7,10-14,17H2,1-2,5H3,(H2,28,29,30)(H2,32,33,38)/t18-,19-,20?,24?,27?,43?/m0/s1. The number of imidazole rings is 1. The summed E-state index contributed by atoms with van der Waals surface area (Å²) < 4.78 is 38.1. The first kappa shape index (κ1) is 34.1. The monoisotopic (exact) mass is 621 g/mol. The van der Waals surface area contributed by atoms with Crippen LogP contribution in [0.4, 0.5) is 5.82 Å². The van der Waals surface area contributed by atoms with Gasteiger partial charge in [-0.15, -0.1) is 13.0 Å². The summed E-state index contributed by atoms with van der Waals surface area (Å²) >= 11 is 0. The lowest BCUT2D eigenvalue weighted by Crippen LogP contribution is -2.44. The first-order valence-corrected chi connectivity index (χ1v) is 15.9. The molecule has 2 aromatic heterocycles. The van der Waals surface area contributed by atoms with Gasteiger partial charge in [0.05, 0.1) is 19.5 Å². The van der Waals surface area contributed by atoms with Crippen LogP contribution in [0.25, 0.3) is 11.2 Å². The summed E-state index contributed by atoms with van der Waals surface area (Å²) in [4.78, 5) is 37.5. The molecule has 6 atom stereocenters. The second kappa shape index (κ2) is 15.4. The van der Waals surface area contributed by atoms with Gasteiger partial charge in [-0.1, -0.05) is 32.8 Å². The van der Waals surface area contributed by atoms with Gasteiger partial charge in [-0.05, 0) is 25.7 Å². The van der Waals surface area contributed by atoms with E-state index in [2.05, 4.69) is 37.6 Å². The van der Waals surface area contributed by atoms with Gasteiger partial charge in [0.25, 0.3) is 0 Å². The molecule has 4 unspecified atom stereocenters. The maximum atomic E-state index is 14.2. The molecule has 2 aromatic rings. The number of anilines is 1.